The van der Waals surface area contributed by atoms with Crippen LogP contribution in [0.1, 0.15) is 11.3 Å². The molecule has 1 aromatic carbocycles. The zero-order chi connectivity index (χ0) is 13.4. The molecular weight excluding hydrogens is 252 g/mol. The van der Waals surface area contributed by atoms with Crippen LogP contribution < -0.4 is 5.46 Å². The summed E-state index contributed by atoms with van der Waals surface area (Å²) in [6, 6.07) is 5.93. The van der Waals surface area contributed by atoms with Crippen molar-refractivity contribution in [3.63, 3.8) is 0 Å². The molecule has 1 aromatic heterocycles. The molecule has 0 saturated heterocycles. The minimum Gasteiger partial charge on any atom is -0.455 e. The van der Waals surface area contributed by atoms with E-state index in [4.69, 9.17) is 14.3 Å². The Bertz CT molecular complexity index is 655. The van der Waals surface area contributed by atoms with Gasteiger partial charge < -0.3 is 19.3 Å². The Morgan fingerprint density at radius 3 is 3.00 bits per heavy atom. The van der Waals surface area contributed by atoms with E-state index in [9.17, 15) is 9.41 Å². The highest BCUT2D eigenvalue weighted by atomic mass is 19.1. The van der Waals surface area contributed by atoms with Crippen molar-refractivity contribution in [3.05, 3.63) is 41.4 Å². The molecule has 0 fully saturated rings. The fourth-order valence-electron chi connectivity index (χ4n) is 2.06. The lowest BCUT2D eigenvalue weighted by Gasteiger charge is -2.04. The largest absolute Gasteiger partial charge is 0.491 e. The van der Waals surface area contributed by atoms with Gasteiger partial charge in [-0.3, -0.25) is 0 Å². The highest BCUT2D eigenvalue weighted by Gasteiger charge is 2.29. The summed E-state index contributed by atoms with van der Waals surface area (Å²) in [5.41, 5.74) is 1.38. The molecule has 5 nitrogen and oxygen atoms in total. The van der Waals surface area contributed by atoms with E-state index < -0.39 is 12.9 Å². The summed E-state index contributed by atoms with van der Waals surface area (Å²) in [6.07, 6.45) is 1.10. The number of benzene rings is 1. The lowest BCUT2D eigenvalue weighted by Crippen LogP contribution is -2.28. The lowest BCUT2D eigenvalue weighted by atomic mass is 9.78. The summed E-state index contributed by atoms with van der Waals surface area (Å²) < 4.78 is 24.3. The molecule has 1 aliphatic heterocycles. The first-order valence-corrected chi connectivity index (χ1v) is 5.58. The summed E-state index contributed by atoms with van der Waals surface area (Å²) in [6.45, 7) is 0.189. The maximum atomic E-state index is 14.0. The van der Waals surface area contributed by atoms with Gasteiger partial charge in [-0.1, -0.05) is 5.16 Å². The van der Waals surface area contributed by atoms with Crippen LogP contribution in [0, 0.1) is 5.82 Å². The van der Waals surface area contributed by atoms with Gasteiger partial charge in [0.05, 0.1) is 12.2 Å². The summed E-state index contributed by atoms with van der Waals surface area (Å²) in [4.78, 5) is 0. The molecule has 1 aliphatic rings. The number of fused-ring (bicyclic) bond motifs is 1. The minimum atomic E-state index is -1.04. The van der Waals surface area contributed by atoms with E-state index in [0.717, 1.165) is 6.21 Å². The molecule has 0 atom stereocenters. The second-order valence-electron chi connectivity index (χ2n) is 4.14. The zero-order valence-electron chi connectivity index (χ0n) is 9.71. The maximum absolute atomic E-state index is 14.0. The summed E-state index contributed by atoms with van der Waals surface area (Å²) >= 11 is 0. The van der Waals surface area contributed by atoms with Crippen LogP contribution in [0.5, 0.6) is 0 Å². The molecule has 2 heterocycles. The third-order valence-corrected chi connectivity index (χ3v) is 2.97. The zero-order valence-corrected chi connectivity index (χ0v) is 9.71. The molecule has 19 heavy (non-hydrogen) atoms. The second-order valence-corrected chi connectivity index (χ2v) is 4.14. The Hall–Kier alpha value is -2.12. The molecule has 2 aromatic rings. The van der Waals surface area contributed by atoms with Crippen LogP contribution in [-0.2, 0) is 11.3 Å². The first kappa shape index (κ1) is 11.9. The van der Waals surface area contributed by atoms with Gasteiger partial charge >= 0.3 is 7.12 Å². The number of hydrogen-bond acceptors (Lipinski definition) is 5. The molecule has 0 aliphatic carbocycles. The number of halogens is 1. The van der Waals surface area contributed by atoms with Gasteiger partial charge in [-0.15, -0.1) is 0 Å². The number of rotatable bonds is 2. The first-order valence-electron chi connectivity index (χ1n) is 5.58. The van der Waals surface area contributed by atoms with Crippen LogP contribution in [0.4, 0.5) is 4.39 Å². The van der Waals surface area contributed by atoms with Gasteiger partial charge in [0.1, 0.15) is 23.6 Å². The maximum Gasteiger partial charge on any atom is 0.491 e. The standard InChI is InChI=1S/C12H9BFNO4/c14-11-3-7-6-18-13(16)10(7)4-9(11)12-2-1-8(19-12)5-15-17/h1-5,16-17H,6H2/b15-5+. The van der Waals surface area contributed by atoms with Crippen molar-refractivity contribution in [2.24, 2.45) is 5.16 Å². The predicted molar refractivity (Wildman–Crippen MR) is 65.9 cm³/mol. The fraction of sp³-hybridized carbons (Fsp3) is 0.0833. The van der Waals surface area contributed by atoms with E-state index in [1.54, 1.807) is 12.1 Å². The second kappa shape index (κ2) is 4.53. The van der Waals surface area contributed by atoms with Crippen LogP contribution >= 0.6 is 0 Å². The number of oxime groups is 1. The van der Waals surface area contributed by atoms with Gasteiger partial charge in [0.15, 0.2) is 0 Å². The van der Waals surface area contributed by atoms with E-state index >= 15 is 0 Å². The normalized spacial score (nSPS) is 14.3. The van der Waals surface area contributed by atoms with Crippen molar-refractivity contribution in [1.82, 2.24) is 0 Å². The average molecular weight is 261 g/mol. The topological polar surface area (TPSA) is 75.2 Å². The predicted octanol–water partition coefficient (Wildman–Crippen LogP) is 1.11. The highest BCUT2D eigenvalue weighted by molar-refractivity contribution is 6.61. The Balaban J connectivity index is 2.07. The Morgan fingerprint density at radius 2 is 2.21 bits per heavy atom. The van der Waals surface area contributed by atoms with Gasteiger partial charge in [-0.05, 0) is 35.3 Å². The number of nitrogens with zero attached hydrogens (tertiary/aromatic N) is 1. The highest BCUT2D eigenvalue weighted by Crippen LogP contribution is 2.26. The molecule has 3 rings (SSSR count). The van der Waals surface area contributed by atoms with Crippen molar-refractivity contribution in [3.8, 4) is 11.3 Å². The third kappa shape index (κ3) is 2.03. The molecule has 2 N–H and O–H groups in total. The Labute approximate surface area is 108 Å². The number of furan rings is 1. The van der Waals surface area contributed by atoms with Crippen LogP contribution in [0.15, 0.2) is 33.8 Å². The van der Waals surface area contributed by atoms with Gasteiger partial charge in [0.2, 0.25) is 0 Å². The molecule has 0 bridgehead atoms. The van der Waals surface area contributed by atoms with Gasteiger partial charge in [-0.2, -0.15) is 0 Å². The Kier molecular flexibility index (Phi) is 2.85. The smallest absolute Gasteiger partial charge is 0.455 e. The molecule has 0 amide bonds. The lowest BCUT2D eigenvalue weighted by molar-refractivity contribution is 0.275. The molecule has 0 spiro atoms. The van der Waals surface area contributed by atoms with E-state index in [1.807, 2.05) is 0 Å². The summed E-state index contributed by atoms with van der Waals surface area (Å²) in [7, 11) is -1.04. The average Bonchev–Trinajstić information content (AvgIpc) is 2.97. The monoisotopic (exact) mass is 261 g/mol. The number of hydrogen-bond donors (Lipinski definition) is 2. The molecule has 0 radical (unpaired) electrons. The summed E-state index contributed by atoms with van der Waals surface area (Å²) in [5.74, 6) is 0.127. The van der Waals surface area contributed by atoms with Crippen molar-refractivity contribution in [1.29, 1.82) is 0 Å². The van der Waals surface area contributed by atoms with Crippen molar-refractivity contribution in [2.75, 3.05) is 0 Å². The summed E-state index contributed by atoms with van der Waals surface area (Å²) in [5, 5.41) is 20.8. The van der Waals surface area contributed by atoms with Crippen LogP contribution in [0.2, 0.25) is 0 Å². The van der Waals surface area contributed by atoms with Crippen LogP contribution in [0.3, 0.4) is 0 Å². The van der Waals surface area contributed by atoms with E-state index in [2.05, 4.69) is 5.16 Å². The van der Waals surface area contributed by atoms with Crippen LogP contribution in [-0.4, -0.2) is 23.6 Å². The van der Waals surface area contributed by atoms with E-state index in [-0.39, 0.29) is 17.9 Å². The first-order chi connectivity index (χ1) is 9.19. The third-order valence-electron chi connectivity index (χ3n) is 2.97. The molecule has 96 valence electrons. The van der Waals surface area contributed by atoms with E-state index in [1.165, 1.54) is 12.1 Å². The minimum absolute atomic E-state index is 0.189. The van der Waals surface area contributed by atoms with Gasteiger partial charge in [0, 0.05) is 0 Å². The van der Waals surface area contributed by atoms with Gasteiger partial charge in [0.25, 0.3) is 0 Å². The molecule has 0 unspecified atom stereocenters. The van der Waals surface area contributed by atoms with Crippen LogP contribution in [0.25, 0.3) is 11.3 Å². The fourth-order valence-corrected chi connectivity index (χ4v) is 2.06. The van der Waals surface area contributed by atoms with E-state index in [0.29, 0.717) is 16.8 Å². The van der Waals surface area contributed by atoms with Crippen molar-refractivity contribution < 1.29 is 23.7 Å². The molecule has 0 saturated carbocycles. The quantitative estimate of drug-likeness (QED) is 0.367. The van der Waals surface area contributed by atoms with Crippen molar-refractivity contribution in [2.45, 2.75) is 6.61 Å². The Morgan fingerprint density at radius 1 is 1.37 bits per heavy atom. The van der Waals surface area contributed by atoms with Gasteiger partial charge in [-0.25, -0.2) is 4.39 Å². The molecular formula is C12H9BFNO4. The molecule has 7 heteroatoms. The van der Waals surface area contributed by atoms with Crippen molar-refractivity contribution >= 4 is 18.8 Å². The SMILES string of the molecule is O/N=C/c1ccc(-c2cc3c(cc2F)COB3O)o1.